The van der Waals surface area contributed by atoms with E-state index in [1.165, 1.54) is 0 Å². The molecule has 0 aromatic carbocycles. The minimum atomic E-state index is 0. The van der Waals surface area contributed by atoms with Gasteiger partial charge in [0.1, 0.15) is 0 Å². The molecule has 17 heavy (non-hydrogen) atoms. The van der Waals surface area contributed by atoms with E-state index in [2.05, 4.69) is 0 Å². The minimum absolute atomic E-state index is 0. The molecule has 0 heterocycles. The molecule has 0 fully saturated rings. The molecule has 9 nitrogen and oxygen atoms in total. The van der Waals surface area contributed by atoms with Crippen molar-refractivity contribution in [3.8, 4) is 0 Å². The number of nitrogens with zero attached hydrogens (tertiary/aromatic N) is 3. The molecule has 0 atom stereocenters. The van der Waals surface area contributed by atoms with Crippen molar-refractivity contribution in [2.75, 3.05) is 0 Å². The van der Waals surface area contributed by atoms with Gasteiger partial charge >= 0.3 is 122 Å². The Hall–Kier alpha value is 3.58. The normalized spacial score (nSPS) is 0. The van der Waals surface area contributed by atoms with Crippen LogP contribution in [0.3, 0.4) is 0 Å². The fraction of sp³-hybridized carbons (Fsp3) is 0. The first kappa shape index (κ1) is 615. The summed E-state index contributed by atoms with van der Waals surface area (Å²) in [6, 6.07) is 0. The van der Waals surface area contributed by atoms with Gasteiger partial charge in [0.15, 0.2) is 0 Å². The van der Waals surface area contributed by atoms with Gasteiger partial charge < -0.3 is 51.3 Å². The molecule has 80 valence electrons. The Morgan fingerprint density at radius 3 is 0.235 bits per heavy atom. The fourth-order valence-corrected chi connectivity index (χ4v) is 0. The topological polar surface area (TPSA) is 262 Å². The summed E-state index contributed by atoms with van der Waals surface area (Å²) >= 11 is 0. The third kappa shape index (κ3) is 471. The molecule has 0 saturated carbocycles. The first-order valence-electron chi connectivity index (χ1n) is 0. The minimum Gasteiger partial charge on any atom is -3.00 e. The van der Waals surface area contributed by atoms with Crippen molar-refractivity contribution >= 4 is 132 Å². The summed E-state index contributed by atoms with van der Waals surface area (Å²) in [6.45, 7) is 0. The monoisotopic (exact) mass is 359 g/mol. The third-order valence-corrected chi connectivity index (χ3v) is 0. The van der Waals surface area contributed by atoms with E-state index in [9.17, 15) is 0 Å². The molecule has 0 aliphatic rings. The van der Waals surface area contributed by atoms with Gasteiger partial charge in [-0.05, 0) is 11.0 Å². The molecule has 0 saturated heterocycles. The molecule has 0 bridgehead atoms. The number of hydrogen-bond donors (Lipinski definition) is 0. The second-order valence-corrected chi connectivity index (χ2v) is 0. The van der Waals surface area contributed by atoms with Crippen LogP contribution < -0.4 is 0 Å². The molecular formula is H4Al7N3O6Si. The summed E-state index contributed by atoms with van der Waals surface area (Å²) in [6.07, 6.45) is 0. The van der Waals surface area contributed by atoms with Crippen molar-refractivity contribution in [3.05, 3.63) is 18.5 Å². The number of hydrogen-bond acceptors (Lipinski definition) is 0. The van der Waals surface area contributed by atoms with Crippen LogP contribution in [0.25, 0.3) is 18.5 Å². The van der Waals surface area contributed by atoms with Crippen LogP contribution in [0, 0.1) is 0 Å². The smallest absolute Gasteiger partial charge is 3.00 e. The van der Waals surface area contributed by atoms with Crippen LogP contribution in [-0.4, -0.2) is 132 Å². The Labute approximate surface area is 182 Å². The molecule has 0 aliphatic carbocycles. The van der Waals surface area contributed by atoms with Crippen LogP contribution in [0.15, 0.2) is 0 Å². The number of rotatable bonds is 0. The zero-order valence-electron chi connectivity index (χ0n) is 7.83. The molecule has 0 unspecified atom stereocenters. The van der Waals surface area contributed by atoms with E-state index >= 15 is 0 Å². The maximum absolute atomic E-state index is 0. The first-order valence-corrected chi connectivity index (χ1v) is 0. The zero-order chi connectivity index (χ0) is 0. The largest absolute Gasteiger partial charge is 3.00 e. The van der Waals surface area contributed by atoms with Gasteiger partial charge in [-0.2, -0.15) is 0 Å². The molecule has 0 aliphatic heterocycles. The van der Waals surface area contributed by atoms with E-state index in [0.717, 1.165) is 0 Å². The van der Waals surface area contributed by atoms with Crippen LogP contribution in [-0.2, 0) is 32.9 Å². The maximum atomic E-state index is 0. The van der Waals surface area contributed by atoms with Gasteiger partial charge in [-0.15, -0.1) is 0 Å². The van der Waals surface area contributed by atoms with Gasteiger partial charge in [0.2, 0.25) is 0 Å². The molecule has 0 aromatic heterocycles. The molecule has 0 spiro atoms. The van der Waals surface area contributed by atoms with Gasteiger partial charge in [-0.25, -0.2) is 0 Å². The van der Waals surface area contributed by atoms with Crippen molar-refractivity contribution < 1.29 is 32.9 Å². The van der Waals surface area contributed by atoms with Gasteiger partial charge in [0.05, 0.1) is 0 Å². The van der Waals surface area contributed by atoms with E-state index in [0.29, 0.717) is 0 Å². The van der Waals surface area contributed by atoms with Crippen molar-refractivity contribution in [1.29, 1.82) is 0 Å². The van der Waals surface area contributed by atoms with E-state index in [1.54, 1.807) is 0 Å². The Morgan fingerprint density at radius 1 is 0.235 bits per heavy atom. The fourth-order valence-electron chi connectivity index (χ4n) is 0. The van der Waals surface area contributed by atoms with E-state index in [1.807, 2.05) is 0 Å². The average Bonchev–Trinajstić information content (AvgIpc) is 0. The molecular weight excluding hydrogens is 355 g/mol. The molecule has 17 heteroatoms. The van der Waals surface area contributed by atoms with Gasteiger partial charge in [0, 0.05) is 0 Å². The molecule has 0 aromatic rings. The first-order chi connectivity index (χ1) is 0. The molecule has 0 amide bonds. The Bertz CT molecular complexity index is 29.6. The zero-order valence-corrected chi connectivity index (χ0v) is 15.9. The Kier molecular flexibility index (Phi) is 19000. The van der Waals surface area contributed by atoms with Crippen molar-refractivity contribution in [2.24, 2.45) is 0 Å². The van der Waals surface area contributed by atoms with Crippen molar-refractivity contribution in [2.45, 2.75) is 0 Å². The second-order valence-electron chi connectivity index (χ2n) is 0. The summed E-state index contributed by atoms with van der Waals surface area (Å²) in [4.78, 5) is 0. The van der Waals surface area contributed by atoms with Gasteiger partial charge in [-0.1, -0.05) is 0 Å². The Balaban J connectivity index is 0. The summed E-state index contributed by atoms with van der Waals surface area (Å²) < 4.78 is 0. The SMILES string of the molecule is [Al+3].[Al+3].[Al+3].[Al+3].[Al+3].[Al+3].[Al+3].[N-3].[N-3].[N-3].[O-2].[O-2].[O-2].[O-2].[O-2].[O-2].[SiH4]. The second kappa shape index (κ2) is 527. The quantitative estimate of drug-likeness (QED) is 0.375. The summed E-state index contributed by atoms with van der Waals surface area (Å²) in [7, 11) is 0. The third-order valence-electron chi connectivity index (χ3n) is 0. The summed E-state index contributed by atoms with van der Waals surface area (Å²) in [5, 5.41) is 0. The molecule has 0 radical (unpaired) electrons. The van der Waals surface area contributed by atoms with Crippen LogP contribution in [0.2, 0.25) is 0 Å². The van der Waals surface area contributed by atoms with E-state index in [4.69, 9.17) is 0 Å². The summed E-state index contributed by atoms with van der Waals surface area (Å²) in [5.74, 6) is 0. The predicted molar refractivity (Wildman–Crippen MR) is 65.8 cm³/mol. The summed E-state index contributed by atoms with van der Waals surface area (Å²) in [5.41, 5.74) is 0. The standard InChI is InChI=1S/7Al.3N.6O.H4Si/h;;;;;;;;;;;;;;;;1H4/q7*+3;3*-3;6*-2;. The molecule has 0 rings (SSSR count). The van der Waals surface area contributed by atoms with Crippen LogP contribution >= 0.6 is 0 Å². The maximum Gasteiger partial charge on any atom is 3.00 e. The van der Waals surface area contributed by atoms with Crippen LogP contribution in [0.5, 0.6) is 0 Å². The van der Waals surface area contributed by atoms with E-state index in [-0.39, 0.29) is 184 Å². The average molecular weight is 359 g/mol. The predicted octanol–water partition coefficient (Wildman–Crippen LogP) is -3.96. The van der Waals surface area contributed by atoms with E-state index < -0.39 is 0 Å². The Morgan fingerprint density at radius 2 is 0.235 bits per heavy atom. The van der Waals surface area contributed by atoms with Gasteiger partial charge in [0.25, 0.3) is 0 Å². The molecule has 0 N–H and O–H groups in total. The van der Waals surface area contributed by atoms with Crippen molar-refractivity contribution in [3.63, 3.8) is 0 Å². The van der Waals surface area contributed by atoms with Crippen molar-refractivity contribution in [1.82, 2.24) is 0 Å². The van der Waals surface area contributed by atoms with Gasteiger partial charge in [-0.3, -0.25) is 0 Å². The van der Waals surface area contributed by atoms with Crippen LogP contribution in [0.4, 0.5) is 0 Å². The van der Waals surface area contributed by atoms with Crippen LogP contribution in [0.1, 0.15) is 0 Å².